The Labute approximate surface area is 103 Å². The van der Waals surface area contributed by atoms with Gasteiger partial charge in [0, 0.05) is 6.07 Å². The largest absolute Gasteiger partial charge is 0.488 e. The van der Waals surface area contributed by atoms with Crippen molar-refractivity contribution in [1.29, 1.82) is 0 Å². The topological polar surface area (TPSA) is 31.4 Å². The van der Waals surface area contributed by atoms with Crippen LogP contribution >= 0.6 is 22.6 Å². The van der Waals surface area contributed by atoms with Crippen molar-refractivity contribution in [2.45, 2.75) is 38.9 Å². The minimum atomic E-state index is 0.156. The Morgan fingerprint density at radius 3 is 2.73 bits per heavy atom. The summed E-state index contributed by atoms with van der Waals surface area (Å²) in [7, 11) is 0. The minimum Gasteiger partial charge on any atom is -0.488 e. The number of nitrogens with zero attached hydrogens (tertiary/aromatic N) is 1. The Bertz CT molecular complexity index is 350. The highest BCUT2D eigenvalue weighted by Crippen LogP contribution is 2.30. The van der Waals surface area contributed by atoms with Crippen LogP contribution in [-0.4, -0.2) is 17.2 Å². The van der Waals surface area contributed by atoms with E-state index < -0.39 is 0 Å². The second-order valence-corrected chi connectivity index (χ2v) is 5.10. The quantitative estimate of drug-likeness (QED) is 0.800. The Morgan fingerprint density at radius 1 is 1.47 bits per heavy atom. The lowest BCUT2D eigenvalue weighted by Crippen LogP contribution is -2.07. The van der Waals surface area contributed by atoms with Gasteiger partial charge < -0.3 is 9.47 Å². The third kappa shape index (κ3) is 3.22. The lowest BCUT2D eigenvalue weighted by Gasteiger charge is -2.11. The molecule has 0 unspecified atom stereocenters. The summed E-state index contributed by atoms with van der Waals surface area (Å²) < 4.78 is 12.2. The van der Waals surface area contributed by atoms with Crippen molar-refractivity contribution in [2.75, 3.05) is 0 Å². The van der Waals surface area contributed by atoms with Gasteiger partial charge in [0.15, 0.2) is 5.75 Å². The third-order valence-corrected chi connectivity index (χ3v) is 2.81. The molecule has 15 heavy (non-hydrogen) atoms. The van der Waals surface area contributed by atoms with E-state index in [1.807, 2.05) is 19.9 Å². The number of halogens is 1. The molecule has 0 atom stereocenters. The van der Waals surface area contributed by atoms with E-state index in [1.54, 1.807) is 6.20 Å². The summed E-state index contributed by atoms with van der Waals surface area (Å²) in [5.41, 5.74) is 0. The molecule has 1 aliphatic rings. The molecule has 1 aliphatic carbocycles. The van der Waals surface area contributed by atoms with E-state index in [-0.39, 0.29) is 6.10 Å². The Kier molecular flexibility index (Phi) is 3.33. The zero-order chi connectivity index (χ0) is 10.8. The number of hydrogen-bond donors (Lipinski definition) is 0. The highest BCUT2D eigenvalue weighted by Gasteiger charge is 2.24. The first-order chi connectivity index (χ1) is 7.15. The third-order valence-electron chi connectivity index (χ3n) is 1.97. The van der Waals surface area contributed by atoms with Crippen LogP contribution in [-0.2, 0) is 0 Å². The summed E-state index contributed by atoms with van der Waals surface area (Å²) in [4.78, 5) is 4.21. The Balaban J connectivity index is 2.07. The van der Waals surface area contributed by atoms with Gasteiger partial charge in [-0.1, -0.05) is 0 Å². The van der Waals surface area contributed by atoms with Crippen LogP contribution in [0, 0.1) is 3.57 Å². The molecule has 0 bridgehead atoms. The van der Waals surface area contributed by atoms with Crippen LogP contribution in [0.1, 0.15) is 26.7 Å². The molecule has 1 aromatic heterocycles. The smallest absolute Gasteiger partial charge is 0.214 e. The van der Waals surface area contributed by atoms with Crippen LogP contribution in [0.4, 0.5) is 0 Å². The van der Waals surface area contributed by atoms with Gasteiger partial charge in [-0.3, -0.25) is 0 Å². The number of pyridine rings is 1. The van der Waals surface area contributed by atoms with Crippen molar-refractivity contribution >= 4 is 22.6 Å². The normalized spacial score (nSPS) is 15.5. The first kappa shape index (κ1) is 11.0. The maximum Gasteiger partial charge on any atom is 0.214 e. The van der Waals surface area contributed by atoms with Gasteiger partial charge in [-0.15, -0.1) is 0 Å². The molecule has 0 N–H and O–H groups in total. The van der Waals surface area contributed by atoms with E-state index in [2.05, 4.69) is 27.6 Å². The fraction of sp³-hybridized carbons (Fsp3) is 0.545. The maximum atomic E-state index is 5.69. The zero-order valence-corrected chi connectivity index (χ0v) is 11.0. The van der Waals surface area contributed by atoms with Crippen LogP contribution in [0.25, 0.3) is 0 Å². The van der Waals surface area contributed by atoms with Crippen LogP contribution < -0.4 is 9.47 Å². The van der Waals surface area contributed by atoms with E-state index in [0.29, 0.717) is 12.0 Å². The molecule has 1 fully saturated rings. The lowest BCUT2D eigenvalue weighted by atomic mass is 10.4. The molecule has 0 amide bonds. The van der Waals surface area contributed by atoms with Crippen molar-refractivity contribution in [3.63, 3.8) is 0 Å². The molecule has 4 heteroatoms. The molecular weight excluding hydrogens is 305 g/mol. The van der Waals surface area contributed by atoms with Gasteiger partial charge in [-0.2, -0.15) is 0 Å². The predicted octanol–water partition coefficient (Wildman–Crippen LogP) is 3.01. The fourth-order valence-electron chi connectivity index (χ4n) is 1.16. The molecule has 1 heterocycles. The molecular formula is C11H14INO2. The second-order valence-electron chi connectivity index (χ2n) is 3.94. The lowest BCUT2D eigenvalue weighted by molar-refractivity contribution is 0.230. The summed E-state index contributed by atoms with van der Waals surface area (Å²) in [5.74, 6) is 1.53. The number of aromatic nitrogens is 1. The van der Waals surface area contributed by atoms with Gasteiger partial charge in [0.2, 0.25) is 5.88 Å². The molecule has 0 radical (unpaired) electrons. The molecule has 0 saturated heterocycles. The van der Waals surface area contributed by atoms with E-state index in [4.69, 9.17) is 9.47 Å². The van der Waals surface area contributed by atoms with Crippen molar-refractivity contribution < 1.29 is 9.47 Å². The van der Waals surface area contributed by atoms with Gasteiger partial charge in [0.05, 0.1) is 22.0 Å². The van der Waals surface area contributed by atoms with Gasteiger partial charge >= 0.3 is 0 Å². The Morgan fingerprint density at radius 2 is 2.20 bits per heavy atom. The van der Waals surface area contributed by atoms with Crippen molar-refractivity contribution in [3.8, 4) is 11.6 Å². The standard InChI is InChI=1S/C11H14INO2/c1-7(2)14-11-5-9(12)10(6-13-11)15-8-3-4-8/h5-8H,3-4H2,1-2H3. The fourth-order valence-corrected chi connectivity index (χ4v) is 1.69. The van der Waals surface area contributed by atoms with Crippen molar-refractivity contribution in [2.24, 2.45) is 0 Å². The number of hydrogen-bond acceptors (Lipinski definition) is 3. The second kappa shape index (κ2) is 4.55. The monoisotopic (exact) mass is 319 g/mol. The molecule has 82 valence electrons. The Hall–Kier alpha value is -0.520. The van der Waals surface area contributed by atoms with E-state index in [9.17, 15) is 0 Å². The van der Waals surface area contributed by atoms with E-state index >= 15 is 0 Å². The van der Waals surface area contributed by atoms with Crippen molar-refractivity contribution in [1.82, 2.24) is 4.98 Å². The molecule has 3 nitrogen and oxygen atoms in total. The molecule has 1 saturated carbocycles. The number of rotatable bonds is 4. The van der Waals surface area contributed by atoms with Crippen molar-refractivity contribution in [3.05, 3.63) is 15.8 Å². The first-order valence-corrected chi connectivity index (χ1v) is 6.22. The van der Waals surface area contributed by atoms with Gasteiger partial charge in [-0.25, -0.2) is 4.98 Å². The van der Waals surface area contributed by atoms with Crippen LogP contribution in [0.15, 0.2) is 12.3 Å². The summed E-state index contributed by atoms with van der Waals surface area (Å²) in [5, 5.41) is 0. The van der Waals surface area contributed by atoms with Crippen LogP contribution in [0.5, 0.6) is 11.6 Å². The predicted molar refractivity (Wildman–Crippen MR) is 66.4 cm³/mol. The van der Waals surface area contributed by atoms with Gasteiger partial charge in [-0.05, 0) is 49.3 Å². The molecule has 0 aliphatic heterocycles. The highest BCUT2D eigenvalue weighted by atomic mass is 127. The summed E-state index contributed by atoms with van der Waals surface area (Å²) in [6.07, 6.45) is 4.65. The van der Waals surface area contributed by atoms with Gasteiger partial charge in [0.25, 0.3) is 0 Å². The molecule has 2 rings (SSSR count). The first-order valence-electron chi connectivity index (χ1n) is 5.14. The van der Waals surface area contributed by atoms with E-state index in [0.717, 1.165) is 9.32 Å². The average molecular weight is 319 g/mol. The maximum absolute atomic E-state index is 5.69. The van der Waals surface area contributed by atoms with Crippen LogP contribution in [0.3, 0.4) is 0 Å². The average Bonchev–Trinajstić information content (AvgIpc) is 2.92. The van der Waals surface area contributed by atoms with E-state index in [1.165, 1.54) is 12.8 Å². The summed E-state index contributed by atoms with van der Waals surface area (Å²) in [6, 6.07) is 1.91. The molecule has 0 spiro atoms. The zero-order valence-electron chi connectivity index (χ0n) is 8.87. The minimum absolute atomic E-state index is 0.156. The summed E-state index contributed by atoms with van der Waals surface area (Å²) in [6.45, 7) is 3.98. The molecule has 0 aromatic carbocycles. The summed E-state index contributed by atoms with van der Waals surface area (Å²) >= 11 is 2.25. The van der Waals surface area contributed by atoms with Gasteiger partial charge in [0.1, 0.15) is 0 Å². The highest BCUT2D eigenvalue weighted by molar-refractivity contribution is 14.1. The molecule has 1 aromatic rings. The SMILES string of the molecule is CC(C)Oc1cc(I)c(OC2CC2)cn1. The number of ether oxygens (including phenoxy) is 2. The van der Waals surface area contributed by atoms with Crippen LogP contribution in [0.2, 0.25) is 0 Å².